The number of rotatable bonds is 2. The Labute approximate surface area is 77.8 Å². The lowest BCUT2D eigenvalue weighted by Gasteiger charge is -1.90. The highest BCUT2D eigenvalue weighted by molar-refractivity contribution is 5.81. The lowest BCUT2D eigenvalue weighted by molar-refractivity contribution is -0.137. The van der Waals surface area contributed by atoms with Crippen LogP contribution in [0.5, 0.6) is 0 Å². The van der Waals surface area contributed by atoms with E-state index >= 15 is 0 Å². The standard InChI is InChI=1S/C6H4.C5H8O2/c1-2-5-4-6(5)3-1;1-3-5(6)7-4-2/h1-4H;3H,1,4H2,2H3. The molecular formula is C11H12O2. The van der Waals surface area contributed by atoms with E-state index < -0.39 is 0 Å². The maximum absolute atomic E-state index is 10.1. The topological polar surface area (TPSA) is 26.3 Å². The van der Waals surface area contributed by atoms with Crippen LogP contribution in [-0.4, -0.2) is 12.6 Å². The molecule has 0 fully saturated rings. The second-order valence-electron chi connectivity index (χ2n) is 2.54. The molecule has 0 atom stereocenters. The van der Waals surface area contributed by atoms with Crippen molar-refractivity contribution in [3.05, 3.63) is 36.9 Å². The highest BCUT2D eigenvalue weighted by Crippen LogP contribution is 2.32. The van der Waals surface area contributed by atoms with E-state index in [2.05, 4.69) is 35.6 Å². The summed E-state index contributed by atoms with van der Waals surface area (Å²) >= 11 is 0. The van der Waals surface area contributed by atoms with E-state index in [4.69, 9.17) is 0 Å². The smallest absolute Gasteiger partial charge is 0.330 e. The lowest BCUT2D eigenvalue weighted by Crippen LogP contribution is -1.97. The minimum absolute atomic E-state index is 0.359. The molecule has 2 nitrogen and oxygen atoms in total. The lowest BCUT2D eigenvalue weighted by atomic mass is 10.6. The van der Waals surface area contributed by atoms with Crippen LogP contribution in [0.3, 0.4) is 0 Å². The molecule has 0 heterocycles. The minimum Gasteiger partial charge on any atom is -0.463 e. The van der Waals surface area contributed by atoms with Crippen molar-refractivity contribution in [3.8, 4) is 11.1 Å². The zero-order valence-electron chi connectivity index (χ0n) is 7.62. The Bertz CT molecular complexity index is 298. The third-order valence-electron chi connectivity index (χ3n) is 1.57. The highest BCUT2D eigenvalue weighted by atomic mass is 16.5. The molecule has 0 aromatic heterocycles. The Kier molecular flexibility index (Phi) is 3.26. The molecule has 0 radical (unpaired) electrons. The van der Waals surface area contributed by atoms with Gasteiger partial charge in [0.05, 0.1) is 6.61 Å². The number of benzene rings is 1. The number of esters is 1. The molecule has 2 rings (SSSR count). The van der Waals surface area contributed by atoms with Crippen molar-refractivity contribution < 1.29 is 9.53 Å². The van der Waals surface area contributed by atoms with E-state index in [1.165, 1.54) is 11.1 Å². The quantitative estimate of drug-likeness (QED) is 0.518. The summed E-state index contributed by atoms with van der Waals surface area (Å²) < 4.78 is 4.43. The summed E-state index contributed by atoms with van der Waals surface area (Å²) in [6.07, 6.45) is 1.14. The summed E-state index contributed by atoms with van der Waals surface area (Å²) in [6, 6.07) is 8.48. The number of hydrogen-bond acceptors (Lipinski definition) is 2. The average molecular weight is 176 g/mol. The third kappa shape index (κ3) is 3.11. The van der Waals surface area contributed by atoms with Crippen molar-refractivity contribution in [2.45, 2.75) is 6.92 Å². The fourth-order valence-corrected chi connectivity index (χ4v) is 0.877. The molecular weight excluding hydrogens is 164 g/mol. The van der Waals surface area contributed by atoms with Gasteiger partial charge in [-0.15, -0.1) is 0 Å². The van der Waals surface area contributed by atoms with E-state index in [9.17, 15) is 4.79 Å². The van der Waals surface area contributed by atoms with E-state index in [1.54, 1.807) is 6.92 Å². The zero-order valence-corrected chi connectivity index (χ0v) is 7.62. The molecule has 13 heavy (non-hydrogen) atoms. The molecule has 0 spiro atoms. The van der Waals surface area contributed by atoms with Crippen molar-refractivity contribution in [2.75, 3.05) is 6.61 Å². The van der Waals surface area contributed by atoms with E-state index in [-0.39, 0.29) is 5.97 Å². The summed E-state index contributed by atoms with van der Waals surface area (Å²) in [5.74, 6) is -0.359. The van der Waals surface area contributed by atoms with Gasteiger partial charge in [-0.05, 0) is 24.1 Å². The normalized spacial score (nSPS) is 9.31. The number of hydrogen-bond donors (Lipinski definition) is 0. The summed E-state index contributed by atoms with van der Waals surface area (Å²) in [5, 5.41) is 0. The average Bonchev–Trinajstić information content (AvgIpc) is 2.75. The molecule has 0 amide bonds. The molecule has 2 aliphatic rings. The molecule has 0 saturated carbocycles. The van der Waals surface area contributed by atoms with Crippen LogP contribution in [0, 0.1) is 0 Å². The van der Waals surface area contributed by atoms with Crippen LogP contribution < -0.4 is 0 Å². The van der Waals surface area contributed by atoms with Crippen molar-refractivity contribution in [1.82, 2.24) is 0 Å². The summed E-state index contributed by atoms with van der Waals surface area (Å²) in [5.41, 5.74) is 2.85. The molecule has 68 valence electrons. The molecule has 0 bridgehead atoms. The van der Waals surface area contributed by atoms with Gasteiger partial charge in [0, 0.05) is 6.08 Å². The predicted octanol–water partition coefficient (Wildman–Crippen LogP) is 2.40. The van der Waals surface area contributed by atoms with Gasteiger partial charge in [-0.1, -0.05) is 24.8 Å². The number of fused-ring (bicyclic) bond motifs is 1. The molecule has 2 heteroatoms. The van der Waals surface area contributed by atoms with Crippen molar-refractivity contribution >= 4 is 5.97 Å². The Morgan fingerprint density at radius 3 is 2.31 bits per heavy atom. The summed E-state index contributed by atoms with van der Waals surface area (Å²) in [6.45, 7) is 5.38. The fraction of sp³-hybridized carbons (Fsp3) is 0.182. The number of carbonyl (C=O) groups is 1. The van der Waals surface area contributed by atoms with E-state index in [0.29, 0.717) is 6.61 Å². The van der Waals surface area contributed by atoms with Crippen LogP contribution in [0.2, 0.25) is 0 Å². The van der Waals surface area contributed by atoms with Crippen molar-refractivity contribution in [3.63, 3.8) is 0 Å². The second kappa shape index (κ2) is 4.45. The van der Waals surface area contributed by atoms with Gasteiger partial charge in [-0.2, -0.15) is 0 Å². The predicted molar refractivity (Wildman–Crippen MR) is 52.3 cm³/mol. The van der Waals surface area contributed by atoms with Crippen LogP contribution in [0.25, 0.3) is 11.1 Å². The van der Waals surface area contributed by atoms with Gasteiger partial charge >= 0.3 is 5.97 Å². The molecule has 0 saturated heterocycles. The Morgan fingerprint density at radius 1 is 1.54 bits per heavy atom. The number of carbonyl (C=O) groups excluding carboxylic acids is 1. The summed E-state index contributed by atoms with van der Waals surface area (Å²) in [4.78, 5) is 10.1. The number of ether oxygens (including phenoxy) is 1. The second-order valence-corrected chi connectivity index (χ2v) is 2.54. The van der Waals surface area contributed by atoms with Gasteiger partial charge < -0.3 is 4.74 Å². The summed E-state index contributed by atoms with van der Waals surface area (Å²) in [7, 11) is 0. The minimum atomic E-state index is -0.359. The van der Waals surface area contributed by atoms with Gasteiger partial charge in [0.1, 0.15) is 0 Å². The first-order valence-electron chi connectivity index (χ1n) is 4.17. The maximum atomic E-state index is 10.1. The maximum Gasteiger partial charge on any atom is 0.330 e. The molecule has 0 aliphatic heterocycles. The Balaban J connectivity index is 0.000000130. The SMILES string of the molecule is C=CC(=O)OCC.c1cc2cc-2c1. The highest BCUT2D eigenvalue weighted by Gasteiger charge is 2.06. The first-order chi connectivity index (χ1) is 6.27. The first-order valence-corrected chi connectivity index (χ1v) is 4.17. The van der Waals surface area contributed by atoms with Gasteiger partial charge in [0.25, 0.3) is 0 Å². The van der Waals surface area contributed by atoms with Gasteiger partial charge in [-0.3, -0.25) is 0 Å². The Hall–Kier alpha value is -1.57. The van der Waals surface area contributed by atoms with Gasteiger partial charge in [0.15, 0.2) is 0 Å². The van der Waals surface area contributed by atoms with Gasteiger partial charge in [0.2, 0.25) is 0 Å². The van der Waals surface area contributed by atoms with Crippen molar-refractivity contribution in [1.29, 1.82) is 0 Å². The molecule has 2 aliphatic carbocycles. The molecule has 0 aromatic carbocycles. The molecule has 0 unspecified atom stereocenters. The van der Waals surface area contributed by atoms with E-state index in [1.807, 2.05) is 0 Å². The van der Waals surface area contributed by atoms with Gasteiger partial charge in [-0.25, -0.2) is 4.79 Å². The Morgan fingerprint density at radius 2 is 2.15 bits per heavy atom. The van der Waals surface area contributed by atoms with Crippen LogP contribution in [0.4, 0.5) is 0 Å². The van der Waals surface area contributed by atoms with Crippen molar-refractivity contribution in [2.24, 2.45) is 0 Å². The van der Waals surface area contributed by atoms with Crippen LogP contribution in [0.1, 0.15) is 6.92 Å². The first kappa shape index (κ1) is 9.52. The fourth-order valence-electron chi connectivity index (χ4n) is 0.877. The zero-order chi connectivity index (χ0) is 9.68. The van der Waals surface area contributed by atoms with E-state index in [0.717, 1.165) is 6.08 Å². The largest absolute Gasteiger partial charge is 0.463 e. The van der Waals surface area contributed by atoms with Crippen LogP contribution in [-0.2, 0) is 9.53 Å². The molecule has 0 aromatic rings. The third-order valence-corrected chi connectivity index (χ3v) is 1.57. The van der Waals surface area contributed by atoms with Crippen LogP contribution in [0.15, 0.2) is 36.9 Å². The molecule has 0 N–H and O–H groups in total. The van der Waals surface area contributed by atoms with Crippen LogP contribution >= 0.6 is 0 Å². The monoisotopic (exact) mass is 176 g/mol.